The highest BCUT2D eigenvalue weighted by molar-refractivity contribution is 5.83. The second-order valence-electron chi connectivity index (χ2n) is 6.29. The van der Waals surface area contributed by atoms with Crippen molar-refractivity contribution in [2.75, 3.05) is 46.5 Å². The molecule has 116 valence electrons. The molecule has 2 aliphatic rings. The maximum absolute atomic E-state index is 12.2. The molecule has 1 amide bonds. The van der Waals surface area contributed by atoms with Crippen molar-refractivity contribution in [1.29, 1.82) is 0 Å². The summed E-state index contributed by atoms with van der Waals surface area (Å²) in [5, 5.41) is 12.2. The van der Waals surface area contributed by atoms with E-state index in [1.807, 2.05) is 0 Å². The maximum Gasteiger partial charge on any atom is 0.228 e. The molecule has 1 aliphatic carbocycles. The standard InChI is InChI=1S/C15H28N2O3/c1-20-12-15(5-2-6-15)14(19)16-7-10-17-8-3-13(11-18)4-9-17/h13,18H,2-12H2,1H3,(H,16,19). The minimum absolute atomic E-state index is 0.163. The number of aliphatic hydroxyl groups is 1. The second-order valence-corrected chi connectivity index (χ2v) is 6.29. The Bertz CT molecular complexity index is 310. The van der Waals surface area contributed by atoms with E-state index in [2.05, 4.69) is 10.2 Å². The molecule has 0 aromatic rings. The van der Waals surface area contributed by atoms with Crippen LogP contribution in [0.15, 0.2) is 0 Å². The molecular formula is C15H28N2O3. The van der Waals surface area contributed by atoms with Crippen molar-refractivity contribution in [3.05, 3.63) is 0 Å². The molecule has 1 saturated carbocycles. The molecule has 0 unspecified atom stereocenters. The smallest absolute Gasteiger partial charge is 0.228 e. The first-order valence-electron chi connectivity index (χ1n) is 7.80. The van der Waals surface area contributed by atoms with Gasteiger partial charge in [-0.1, -0.05) is 6.42 Å². The molecule has 0 aromatic carbocycles. The van der Waals surface area contributed by atoms with E-state index >= 15 is 0 Å². The lowest BCUT2D eigenvalue weighted by Gasteiger charge is -2.39. The molecule has 1 saturated heterocycles. The van der Waals surface area contributed by atoms with E-state index in [-0.39, 0.29) is 11.3 Å². The van der Waals surface area contributed by atoms with E-state index < -0.39 is 0 Å². The number of aliphatic hydroxyl groups excluding tert-OH is 1. The zero-order valence-electron chi connectivity index (χ0n) is 12.6. The number of carbonyl (C=O) groups excluding carboxylic acids is 1. The molecule has 2 N–H and O–H groups in total. The van der Waals surface area contributed by atoms with Crippen LogP contribution < -0.4 is 5.32 Å². The Morgan fingerprint density at radius 3 is 2.60 bits per heavy atom. The molecule has 2 rings (SSSR count). The average Bonchev–Trinajstić information content (AvgIpc) is 2.43. The monoisotopic (exact) mass is 284 g/mol. The zero-order chi connectivity index (χ0) is 14.4. The molecule has 1 heterocycles. The Labute approximate surface area is 121 Å². The second kappa shape index (κ2) is 7.38. The predicted octanol–water partition coefficient (Wildman–Crippen LogP) is 0.624. The highest BCUT2D eigenvalue weighted by Gasteiger charge is 2.43. The third-order valence-corrected chi connectivity index (χ3v) is 4.89. The van der Waals surface area contributed by atoms with Crippen molar-refractivity contribution in [2.24, 2.45) is 11.3 Å². The van der Waals surface area contributed by atoms with Gasteiger partial charge in [0, 0.05) is 26.8 Å². The van der Waals surface area contributed by atoms with Gasteiger partial charge >= 0.3 is 0 Å². The van der Waals surface area contributed by atoms with E-state index in [1.54, 1.807) is 7.11 Å². The number of likely N-dealkylation sites (tertiary alicyclic amines) is 1. The van der Waals surface area contributed by atoms with Crippen LogP contribution >= 0.6 is 0 Å². The van der Waals surface area contributed by atoms with E-state index in [1.165, 1.54) is 0 Å². The molecule has 0 spiro atoms. The fraction of sp³-hybridized carbons (Fsp3) is 0.933. The van der Waals surface area contributed by atoms with Gasteiger partial charge in [-0.2, -0.15) is 0 Å². The SMILES string of the molecule is COCC1(C(=O)NCCN2CCC(CO)CC2)CCC1. The van der Waals surface area contributed by atoms with Gasteiger partial charge in [0.25, 0.3) is 0 Å². The van der Waals surface area contributed by atoms with Crippen LogP contribution in [0, 0.1) is 11.3 Å². The summed E-state index contributed by atoms with van der Waals surface area (Å²) in [6, 6.07) is 0. The molecule has 0 atom stereocenters. The number of hydrogen-bond donors (Lipinski definition) is 2. The lowest BCUT2D eigenvalue weighted by Crippen LogP contribution is -2.50. The van der Waals surface area contributed by atoms with Gasteiger partial charge < -0.3 is 20.1 Å². The van der Waals surface area contributed by atoms with Gasteiger partial charge in [0.15, 0.2) is 0 Å². The quantitative estimate of drug-likeness (QED) is 0.719. The average molecular weight is 284 g/mol. The van der Waals surface area contributed by atoms with Gasteiger partial charge in [-0.3, -0.25) is 4.79 Å². The largest absolute Gasteiger partial charge is 0.396 e. The Balaban J connectivity index is 1.64. The molecule has 5 nitrogen and oxygen atoms in total. The summed E-state index contributed by atoms with van der Waals surface area (Å²) in [4.78, 5) is 14.6. The number of hydrogen-bond acceptors (Lipinski definition) is 4. The van der Waals surface area contributed by atoms with Crippen LogP contribution in [0.2, 0.25) is 0 Å². The van der Waals surface area contributed by atoms with Crippen LogP contribution in [-0.2, 0) is 9.53 Å². The van der Waals surface area contributed by atoms with E-state index in [9.17, 15) is 4.79 Å². The summed E-state index contributed by atoms with van der Waals surface area (Å²) in [5.41, 5.74) is -0.251. The van der Waals surface area contributed by atoms with Gasteiger partial charge in [-0.15, -0.1) is 0 Å². The first kappa shape index (κ1) is 15.7. The summed E-state index contributed by atoms with van der Waals surface area (Å²) < 4.78 is 5.20. The Kier molecular flexibility index (Phi) is 5.81. The van der Waals surface area contributed by atoms with E-state index in [0.717, 1.165) is 51.7 Å². The lowest BCUT2D eigenvalue weighted by molar-refractivity contribution is -0.140. The van der Waals surface area contributed by atoms with Crippen molar-refractivity contribution < 1.29 is 14.6 Å². The van der Waals surface area contributed by atoms with Crippen LogP contribution in [0.25, 0.3) is 0 Å². The number of rotatable bonds is 7. The third kappa shape index (κ3) is 3.71. The molecule has 0 aromatic heterocycles. The van der Waals surface area contributed by atoms with Gasteiger partial charge in [0.1, 0.15) is 0 Å². The number of ether oxygens (including phenoxy) is 1. The molecule has 20 heavy (non-hydrogen) atoms. The number of methoxy groups -OCH3 is 1. The number of nitrogens with one attached hydrogen (secondary N) is 1. The van der Waals surface area contributed by atoms with Crippen LogP contribution in [0.1, 0.15) is 32.1 Å². The Hall–Kier alpha value is -0.650. The number of nitrogens with zero attached hydrogens (tertiary/aromatic N) is 1. The van der Waals surface area contributed by atoms with Crippen molar-refractivity contribution >= 4 is 5.91 Å². The normalized spacial score (nSPS) is 23.3. The molecular weight excluding hydrogens is 256 g/mol. The highest BCUT2D eigenvalue weighted by Crippen LogP contribution is 2.41. The zero-order valence-corrected chi connectivity index (χ0v) is 12.6. The number of carbonyl (C=O) groups is 1. The van der Waals surface area contributed by atoms with Crippen LogP contribution in [-0.4, -0.2) is 62.4 Å². The minimum atomic E-state index is -0.251. The summed E-state index contributed by atoms with van der Waals surface area (Å²) in [7, 11) is 1.67. The summed E-state index contributed by atoms with van der Waals surface area (Å²) in [6.45, 7) is 4.54. The van der Waals surface area contributed by atoms with Gasteiger partial charge in [0.2, 0.25) is 5.91 Å². The van der Waals surface area contributed by atoms with Gasteiger partial charge in [-0.25, -0.2) is 0 Å². The van der Waals surface area contributed by atoms with Crippen LogP contribution in [0.5, 0.6) is 0 Å². The third-order valence-electron chi connectivity index (χ3n) is 4.89. The molecule has 0 radical (unpaired) electrons. The summed E-state index contributed by atoms with van der Waals surface area (Å²) in [5.74, 6) is 0.636. The lowest BCUT2D eigenvalue weighted by atomic mass is 9.68. The fourth-order valence-corrected chi connectivity index (χ4v) is 3.22. The van der Waals surface area contributed by atoms with Gasteiger partial charge in [-0.05, 0) is 44.7 Å². The predicted molar refractivity (Wildman–Crippen MR) is 77.4 cm³/mol. The molecule has 0 bridgehead atoms. The van der Waals surface area contributed by atoms with E-state index in [4.69, 9.17) is 9.84 Å². The fourth-order valence-electron chi connectivity index (χ4n) is 3.22. The molecule has 5 heteroatoms. The van der Waals surface area contributed by atoms with E-state index in [0.29, 0.717) is 25.7 Å². The van der Waals surface area contributed by atoms with Crippen molar-refractivity contribution in [1.82, 2.24) is 10.2 Å². The molecule has 1 aliphatic heterocycles. The van der Waals surface area contributed by atoms with Crippen LogP contribution in [0.3, 0.4) is 0 Å². The highest BCUT2D eigenvalue weighted by atomic mass is 16.5. The minimum Gasteiger partial charge on any atom is -0.396 e. The topological polar surface area (TPSA) is 61.8 Å². The summed E-state index contributed by atoms with van der Waals surface area (Å²) >= 11 is 0. The maximum atomic E-state index is 12.2. The van der Waals surface area contributed by atoms with Crippen molar-refractivity contribution in [3.8, 4) is 0 Å². The first-order chi connectivity index (χ1) is 9.70. The Morgan fingerprint density at radius 1 is 1.40 bits per heavy atom. The van der Waals surface area contributed by atoms with Crippen molar-refractivity contribution in [3.63, 3.8) is 0 Å². The Morgan fingerprint density at radius 2 is 2.10 bits per heavy atom. The first-order valence-corrected chi connectivity index (χ1v) is 7.80. The number of amides is 1. The number of piperidine rings is 1. The summed E-state index contributed by atoms with van der Waals surface area (Å²) in [6.07, 6.45) is 5.17. The van der Waals surface area contributed by atoms with Gasteiger partial charge in [0.05, 0.1) is 12.0 Å². The van der Waals surface area contributed by atoms with Crippen LogP contribution in [0.4, 0.5) is 0 Å². The molecule has 2 fully saturated rings. The van der Waals surface area contributed by atoms with Crippen molar-refractivity contribution in [2.45, 2.75) is 32.1 Å².